The molecule has 30 heavy (non-hydrogen) atoms. The van der Waals surface area contributed by atoms with Crippen molar-refractivity contribution in [3.05, 3.63) is 57.9 Å². The van der Waals surface area contributed by atoms with Crippen LogP contribution < -0.4 is 5.32 Å². The van der Waals surface area contributed by atoms with E-state index >= 15 is 0 Å². The molecule has 1 N–H and O–H groups in total. The minimum Gasteiger partial charge on any atom is -0.465 e. The van der Waals surface area contributed by atoms with E-state index in [9.17, 15) is 14.4 Å². The van der Waals surface area contributed by atoms with E-state index in [4.69, 9.17) is 9.47 Å². The molecule has 0 unspecified atom stereocenters. The van der Waals surface area contributed by atoms with Gasteiger partial charge in [0.25, 0.3) is 0 Å². The van der Waals surface area contributed by atoms with Crippen molar-refractivity contribution in [3.63, 3.8) is 0 Å². The van der Waals surface area contributed by atoms with Crippen LogP contribution in [0.15, 0.2) is 46.8 Å². The summed E-state index contributed by atoms with van der Waals surface area (Å²) in [5.41, 5.74) is 3.87. The molecule has 0 saturated carbocycles. The van der Waals surface area contributed by atoms with Gasteiger partial charge in [0, 0.05) is 35.1 Å². The highest BCUT2D eigenvalue weighted by molar-refractivity contribution is 7.99. The summed E-state index contributed by atoms with van der Waals surface area (Å²) in [4.78, 5) is 37.7. The highest BCUT2D eigenvalue weighted by atomic mass is 32.2. The maximum absolute atomic E-state index is 13.0. The van der Waals surface area contributed by atoms with Crippen LogP contribution in [0.25, 0.3) is 0 Å². The molecular formula is C23H27NO5S. The van der Waals surface area contributed by atoms with Crippen molar-refractivity contribution >= 4 is 29.5 Å². The Labute approximate surface area is 181 Å². The predicted octanol–water partition coefficient (Wildman–Crippen LogP) is 3.74. The van der Waals surface area contributed by atoms with E-state index in [2.05, 4.69) is 12.2 Å². The number of hydrogen-bond donors (Lipinski definition) is 1. The number of hydrogen-bond acceptors (Lipinski definition) is 7. The number of ether oxygens (including phenoxy) is 2. The van der Waals surface area contributed by atoms with Gasteiger partial charge in [0.05, 0.1) is 18.2 Å². The largest absolute Gasteiger partial charge is 0.465 e. The number of thioether (sulfide) groups is 1. The van der Waals surface area contributed by atoms with Gasteiger partial charge in [-0.1, -0.05) is 19.1 Å². The monoisotopic (exact) mass is 429 g/mol. The predicted molar refractivity (Wildman–Crippen MR) is 116 cm³/mol. The lowest BCUT2D eigenvalue weighted by atomic mass is 9.75. The zero-order valence-corrected chi connectivity index (χ0v) is 18.4. The third-order valence-electron chi connectivity index (χ3n) is 5.33. The number of nitrogens with one attached hydrogen (secondary N) is 1. The summed E-state index contributed by atoms with van der Waals surface area (Å²) in [6.45, 7) is 4.22. The van der Waals surface area contributed by atoms with Crippen LogP contribution in [0.3, 0.4) is 0 Å². The van der Waals surface area contributed by atoms with Crippen LogP contribution in [0.1, 0.15) is 54.9 Å². The lowest BCUT2D eigenvalue weighted by Crippen LogP contribution is -2.34. The van der Waals surface area contributed by atoms with Crippen molar-refractivity contribution in [2.45, 2.75) is 39.0 Å². The SMILES string of the molecule is CCSCCOC(=O)C1=C(C)NC2=C(C(=O)CCC2)[C@H]1c1ccc(C(=O)OC)cc1. The molecule has 0 radical (unpaired) electrons. The van der Waals surface area contributed by atoms with Crippen LogP contribution in [0.4, 0.5) is 0 Å². The average Bonchev–Trinajstić information content (AvgIpc) is 2.75. The summed E-state index contributed by atoms with van der Waals surface area (Å²) >= 11 is 1.70. The van der Waals surface area contributed by atoms with Gasteiger partial charge in [0.15, 0.2) is 5.78 Å². The van der Waals surface area contributed by atoms with Gasteiger partial charge in [-0.25, -0.2) is 9.59 Å². The van der Waals surface area contributed by atoms with Crippen LogP contribution >= 0.6 is 11.8 Å². The van der Waals surface area contributed by atoms with E-state index < -0.39 is 17.9 Å². The maximum atomic E-state index is 13.0. The first-order valence-corrected chi connectivity index (χ1v) is 11.3. The Balaban J connectivity index is 1.98. The van der Waals surface area contributed by atoms with Gasteiger partial charge in [-0.3, -0.25) is 4.79 Å². The Morgan fingerprint density at radius 2 is 1.90 bits per heavy atom. The summed E-state index contributed by atoms with van der Waals surface area (Å²) in [5.74, 6) is 0.384. The number of Topliss-reactive ketones (excluding diaryl/α,β-unsaturated/α-hetero) is 1. The fourth-order valence-electron chi connectivity index (χ4n) is 3.93. The van der Waals surface area contributed by atoms with E-state index in [1.54, 1.807) is 36.0 Å². The van der Waals surface area contributed by atoms with Crippen LogP contribution in [-0.4, -0.2) is 42.9 Å². The van der Waals surface area contributed by atoms with E-state index in [0.717, 1.165) is 35.6 Å². The van der Waals surface area contributed by atoms with Crippen molar-refractivity contribution in [2.75, 3.05) is 25.2 Å². The van der Waals surface area contributed by atoms with Gasteiger partial charge in [0.2, 0.25) is 0 Å². The molecule has 1 aromatic rings. The average molecular weight is 430 g/mol. The highest BCUT2D eigenvalue weighted by Gasteiger charge is 2.39. The maximum Gasteiger partial charge on any atom is 0.337 e. The molecule has 0 amide bonds. The van der Waals surface area contributed by atoms with Crippen molar-refractivity contribution < 1.29 is 23.9 Å². The molecule has 1 atom stereocenters. The van der Waals surface area contributed by atoms with E-state index in [-0.39, 0.29) is 5.78 Å². The molecule has 0 saturated heterocycles. The first-order valence-electron chi connectivity index (χ1n) is 10.1. The molecule has 0 fully saturated rings. The summed E-state index contributed by atoms with van der Waals surface area (Å²) in [6.07, 6.45) is 2.02. The normalized spacial score (nSPS) is 18.6. The zero-order chi connectivity index (χ0) is 21.7. The van der Waals surface area contributed by atoms with Crippen molar-refractivity contribution in [1.82, 2.24) is 5.32 Å². The Morgan fingerprint density at radius 1 is 1.17 bits per heavy atom. The molecule has 1 aliphatic heterocycles. The van der Waals surface area contributed by atoms with E-state index in [0.29, 0.717) is 35.4 Å². The summed E-state index contributed by atoms with van der Waals surface area (Å²) < 4.78 is 10.3. The first-order chi connectivity index (χ1) is 14.5. The number of methoxy groups -OCH3 is 1. The lowest BCUT2D eigenvalue weighted by Gasteiger charge is -2.34. The van der Waals surface area contributed by atoms with E-state index in [1.165, 1.54) is 7.11 Å². The Morgan fingerprint density at radius 3 is 2.57 bits per heavy atom. The van der Waals surface area contributed by atoms with E-state index in [1.807, 2.05) is 6.92 Å². The zero-order valence-electron chi connectivity index (χ0n) is 17.6. The number of esters is 2. The van der Waals surface area contributed by atoms with Crippen LogP contribution in [0.5, 0.6) is 0 Å². The standard InChI is InChI=1S/C23H27NO5S/c1-4-30-13-12-29-23(27)19-14(2)24-17-6-5-7-18(25)21(17)20(19)15-8-10-16(11-9-15)22(26)28-3/h8-11,20,24H,4-7,12-13H2,1-3H3/t20-/m0/s1. The molecule has 6 nitrogen and oxygen atoms in total. The van der Waals surface area contributed by atoms with Crippen molar-refractivity contribution in [2.24, 2.45) is 0 Å². The molecule has 0 bridgehead atoms. The van der Waals surface area contributed by atoms with Crippen LogP contribution in [0.2, 0.25) is 0 Å². The molecular weight excluding hydrogens is 402 g/mol. The second-order valence-corrected chi connectivity index (χ2v) is 8.61. The minimum absolute atomic E-state index is 0.0464. The third-order valence-corrected chi connectivity index (χ3v) is 6.19. The van der Waals surface area contributed by atoms with Gasteiger partial charge >= 0.3 is 11.9 Å². The number of carbonyl (C=O) groups is 3. The molecule has 0 spiro atoms. The first kappa shape index (κ1) is 22.2. The molecule has 1 heterocycles. The summed E-state index contributed by atoms with van der Waals surface area (Å²) in [6, 6.07) is 6.88. The molecule has 160 valence electrons. The smallest absolute Gasteiger partial charge is 0.337 e. The fraction of sp³-hybridized carbons (Fsp3) is 0.435. The molecule has 7 heteroatoms. The number of ketones is 1. The van der Waals surface area contributed by atoms with Crippen molar-refractivity contribution in [1.29, 1.82) is 0 Å². The minimum atomic E-state index is -0.507. The Hall–Kier alpha value is -2.54. The molecule has 3 rings (SSSR count). The topological polar surface area (TPSA) is 81.7 Å². The van der Waals surface area contributed by atoms with Gasteiger partial charge < -0.3 is 14.8 Å². The molecule has 2 aliphatic rings. The van der Waals surface area contributed by atoms with Gasteiger partial charge in [-0.2, -0.15) is 11.8 Å². The summed E-state index contributed by atoms with van der Waals surface area (Å²) in [7, 11) is 1.33. The highest BCUT2D eigenvalue weighted by Crippen LogP contribution is 2.42. The molecule has 0 aromatic heterocycles. The van der Waals surface area contributed by atoms with Gasteiger partial charge in [-0.05, 0) is 43.2 Å². The third kappa shape index (κ3) is 4.61. The Bertz CT molecular complexity index is 901. The molecule has 1 aliphatic carbocycles. The molecule has 1 aromatic carbocycles. The number of benzene rings is 1. The number of rotatable bonds is 7. The van der Waals surface area contributed by atoms with Crippen LogP contribution in [0, 0.1) is 0 Å². The second kappa shape index (κ2) is 9.98. The fourth-order valence-corrected chi connectivity index (χ4v) is 4.42. The number of carbonyl (C=O) groups excluding carboxylic acids is 3. The van der Waals surface area contributed by atoms with Gasteiger partial charge in [-0.15, -0.1) is 0 Å². The number of dihydropyridines is 1. The van der Waals surface area contributed by atoms with Gasteiger partial charge in [0.1, 0.15) is 6.61 Å². The van der Waals surface area contributed by atoms with Crippen molar-refractivity contribution in [3.8, 4) is 0 Å². The quantitative estimate of drug-likeness (QED) is 0.522. The lowest BCUT2D eigenvalue weighted by molar-refractivity contribution is -0.138. The Kier molecular flexibility index (Phi) is 7.37. The summed E-state index contributed by atoms with van der Waals surface area (Å²) in [5, 5.41) is 3.28. The van der Waals surface area contributed by atoms with Crippen LogP contribution in [-0.2, 0) is 19.1 Å². The number of allylic oxidation sites excluding steroid dienone is 3. The second-order valence-electron chi connectivity index (χ2n) is 7.21.